The van der Waals surface area contributed by atoms with Crippen LogP contribution in [0, 0.1) is 0 Å². The molecule has 0 spiro atoms. The van der Waals surface area contributed by atoms with Crippen molar-refractivity contribution in [2.45, 2.75) is 19.9 Å². The van der Waals surface area contributed by atoms with E-state index in [2.05, 4.69) is 29.4 Å². The summed E-state index contributed by atoms with van der Waals surface area (Å²) in [6, 6.07) is 8.25. The molecule has 1 aliphatic heterocycles. The third-order valence-electron chi connectivity index (χ3n) is 2.87. The Bertz CT molecular complexity index is 578. The van der Waals surface area contributed by atoms with E-state index in [9.17, 15) is 0 Å². The Morgan fingerprint density at radius 1 is 1.16 bits per heavy atom. The van der Waals surface area contributed by atoms with Crippen molar-refractivity contribution in [2.75, 3.05) is 18.5 Å². The van der Waals surface area contributed by atoms with E-state index in [1.54, 1.807) is 0 Å². The summed E-state index contributed by atoms with van der Waals surface area (Å²) in [5.74, 6) is 2.44. The Balaban J connectivity index is 1.87. The number of hydrogen-bond acceptors (Lipinski definition) is 4. The normalized spacial score (nSPS) is 13.6. The van der Waals surface area contributed by atoms with Gasteiger partial charge in [-0.25, -0.2) is 0 Å². The molecule has 2 heterocycles. The van der Waals surface area contributed by atoms with E-state index in [0.29, 0.717) is 19.3 Å². The number of aromatic nitrogens is 2. The van der Waals surface area contributed by atoms with Crippen LogP contribution in [0.1, 0.15) is 13.8 Å². The molecule has 0 amide bonds. The topological polar surface area (TPSA) is 59.2 Å². The molecule has 0 radical (unpaired) electrons. The Morgan fingerprint density at radius 2 is 1.95 bits per heavy atom. The van der Waals surface area contributed by atoms with Crippen LogP contribution in [0.25, 0.3) is 11.3 Å². The summed E-state index contributed by atoms with van der Waals surface area (Å²) in [5, 5.41) is 10.5. The van der Waals surface area contributed by atoms with Gasteiger partial charge < -0.3 is 14.8 Å². The van der Waals surface area contributed by atoms with E-state index < -0.39 is 0 Å². The molecule has 1 aromatic heterocycles. The standard InChI is InChI=1S/C14H17N3O2/c1-9(2)15-14-8-11(16-17-14)10-3-4-12-13(7-10)19-6-5-18-12/h3-4,7-9H,5-6H2,1-2H3,(H2,15,16,17). The molecule has 0 aliphatic carbocycles. The molecule has 1 aliphatic rings. The van der Waals surface area contributed by atoms with Gasteiger partial charge in [0.25, 0.3) is 0 Å². The molecular weight excluding hydrogens is 242 g/mol. The molecule has 1 aromatic carbocycles. The number of rotatable bonds is 3. The minimum Gasteiger partial charge on any atom is -0.486 e. The number of H-pyrrole nitrogens is 1. The Hall–Kier alpha value is -2.17. The Labute approximate surface area is 111 Å². The van der Waals surface area contributed by atoms with E-state index in [0.717, 1.165) is 28.6 Å². The predicted octanol–water partition coefficient (Wildman–Crippen LogP) is 2.67. The first-order valence-corrected chi connectivity index (χ1v) is 6.44. The van der Waals surface area contributed by atoms with Crippen LogP contribution in [0.3, 0.4) is 0 Å². The average Bonchev–Trinajstić information content (AvgIpc) is 2.86. The van der Waals surface area contributed by atoms with Crippen LogP contribution in [0.4, 0.5) is 5.82 Å². The summed E-state index contributed by atoms with van der Waals surface area (Å²) in [6.45, 7) is 5.37. The predicted molar refractivity (Wildman–Crippen MR) is 73.8 cm³/mol. The van der Waals surface area contributed by atoms with Gasteiger partial charge in [0.05, 0.1) is 5.69 Å². The van der Waals surface area contributed by atoms with Crippen molar-refractivity contribution < 1.29 is 9.47 Å². The third kappa shape index (κ3) is 2.50. The van der Waals surface area contributed by atoms with Crippen LogP contribution >= 0.6 is 0 Å². The molecule has 0 unspecified atom stereocenters. The number of fused-ring (bicyclic) bond motifs is 1. The number of nitrogens with one attached hydrogen (secondary N) is 2. The SMILES string of the molecule is CC(C)Nc1cc(-c2ccc3c(c2)OCCO3)[nH]n1. The number of aromatic amines is 1. The van der Waals surface area contributed by atoms with Gasteiger partial charge in [0, 0.05) is 17.7 Å². The summed E-state index contributed by atoms with van der Waals surface area (Å²) in [4.78, 5) is 0. The highest BCUT2D eigenvalue weighted by Gasteiger charge is 2.13. The van der Waals surface area contributed by atoms with E-state index in [1.807, 2.05) is 24.3 Å². The maximum absolute atomic E-state index is 5.58. The fourth-order valence-electron chi connectivity index (χ4n) is 2.05. The lowest BCUT2D eigenvalue weighted by Crippen LogP contribution is -2.15. The minimum absolute atomic E-state index is 0.358. The molecule has 0 bridgehead atoms. The maximum Gasteiger partial charge on any atom is 0.162 e. The van der Waals surface area contributed by atoms with Gasteiger partial charge in [-0.3, -0.25) is 5.10 Å². The summed E-state index contributed by atoms with van der Waals surface area (Å²) >= 11 is 0. The summed E-state index contributed by atoms with van der Waals surface area (Å²) in [5.41, 5.74) is 1.99. The quantitative estimate of drug-likeness (QED) is 0.889. The van der Waals surface area contributed by atoms with Crippen LogP contribution in [-0.2, 0) is 0 Å². The summed E-state index contributed by atoms with van der Waals surface area (Å²) in [7, 11) is 0. The van der Waals surface area contributed by atoms with Gasteiger partial charge in [0.15, 0.2) is 11.5 Å². The van der Waals surface area contributed by atoms with Gasteiger partial charge in [-0.2, -0.15) is 5.10 Å². The number of hydrogen-bond donors (Lipinski definition) is 2. The number of anilines is 1. The van der Waals surface area contributed by atoms with Crippen molar-refractivity contribution in [3.05, 3.63) is 24.3 Å². The zero-order chi connectivity index (χ0) is 13.2. The lowest BCUT2D eigenvalue weighted by molar-refractivity contribution is 0.171. The molecule has 2 N–H and O–H groups in total. The van der Waals surface area contributed by atoms with Crippen molar-refractivity contribution in [2.24, 2.45) is 0 Å². The fourth-order valence-corrected chi connectivity index (χ4v) is 2.05. The highest BCUT2D eigenvalue weighted by Crippen LogP contribution is 2.34. The smallest absolute Gasteiger partial charge is 0.162 e. The molecular formula is C14H17N3O2. The van der Waals surface area contributed by atoms with Crippen molar-refractivity contribution in [3.63, 3.8) is 0 Å². The number of nitrogens with zero attached hydrogens (tertiary/aromatic N) is 1. The molecule has 5 nitrogen and oxygen atoms in total. The molecule has 100 valence electrons. The van der Waals surface area contributed by atoms with E-state index in [4.69, 9.17) is 9.47 Å². The van der Waals surface area contributed by atoms with Gasteiger partial charge in [-0.1, -0.05) is 0 Å². The van der Waals surface area contributed by atoms with Crippen LogP contribution in [0.2, 0.25) is 0 Å². The second kappa shape index (κ2) is 4.84. The zero-order valence-electron chi connectivity index (χ0n) is 11.1. The fraction of sp³-hybridized carbons (Fsp3) is 0.357. The number of benzene rings is 1. The van der Waals surface area contributed by atoms with Crippen molar-refractivity contribution in [1.82, 2.24) is 10.2 Å². The first kappa shape index (κ1) is 11.9. The Kier molecular flexibility index (Phi) is 3.03. The second-order valence-electron chi connectivity index (χ2n) is 4.82. The van der Waals surface area contributed by atoms with E-state index >= 15 is 0 Å². The van der Waals surface area contributed by atoms with Crippen molar-refractivity contribution >= 4 is 5.82 Å². The molecule has 0 atom stereocenters. The monoisotopic (exact) mass is 259 g/mol. The molecule has 0 fully saturated rings. The second-order valence-corrected chi connectivity index (χ2v) is 4.82. The highest BCUT2D eigenvalue weighted by molar-refractivity contribution is 5.66. The van der Waals surface area contributed by atoms with Gasteiger partial charge in [0.2, 0.25) is 0 Å². The van der Waals surface area contributed by atoms with Gasteiger partial charge in [0.1, 0.15) is 19.0 Å². The lowest BCUT2D eigenvalue weighted by atomic mass is 10.1. The average molecular weight is 259 g/mol. The first-order valence-electron chi connectivity index (χ1n) is 6.44. The lowest BCUT2D eigenvalue weighted by Gasteiger charge is -2.18. The summed E-state index contributed by atoms with van der Waals surface area (Å²) in [6.07, 6.45) is 0. The van der Waals surface area contributed by atoms with Crippen LogP contribution in [-0.4, -0.2) is 29.5 Å². The van der Waals surface area contributed by atoms with Crippen LogP contribution in [0.5, 0.6) is 11.5 Å². The highest BCUT2D eigenvalue weighted by atomic mass is 16.6. The van der Waals surface area contributed by atoms with Crippen LogP contribution in [0.15, 0.2) is 24.3 Å². The minimum atomic E-state index is 0.358. The van der Waals surface area contributed by atoms with Crippen LogP contribution < -0.4 is 14.8 Å². The third-order valence-corrected chi connectivity index (χ3v) is 2.87. The molecule has 0 saturated carbocycles. The maximum atomic E-state index is 5.58. The zero-order valence-corrected chi connectivity index (χ0v) is 11.1. The first-order chi connectivity index (χ1) is 9.22. The van der Waals surface area contributed by atoms with Gasteiger partial charge in [-0.15, -0.1) is 0 Å². The largest absolute Gasteiger partial charge is 0.486 e. The van der Waals surface area contributed by atoms with Crippen molar-refractivity contribution in [3.8, 4) is 22.8 Å². The Morgan fingerprint density at radius 3 is 2.74 bits per heavy atom. The summed E-state index contributed by atoms with van der Waals surface area (Å²) < 4.78 is 11.1. The van der Waals surface area contributed by atoms with E-state index in [-0.39, 0.29) is 0 Å². The molecule has 5 heteroatoms. The van der Waals surface area contributed by atoms with Gasteiger partial charge in [-0.05, 0) is 32.0 Å². The van der Waals surface area contributed by atoms with E-state index in [1.165, 1.54) is 0 Å². The number of ether oxygens (including phenoxy) is 2. The van der Waals surface area contributed by atoms with Crippen molar-refractivity contribution in [1.29, 1.82) is 0 Å². The molecule has 2 aromatic rings. The molecule has 3 rings (SSSR count). The molecule has 0 saturated heterocycles. The van der Waals surface area contributed by atoms with Gasteiger partial charge >= 0.3 is 0 Å². The molecule has 19 heavy (non-hydrogen) atoms.